The minimum absolute atomic E-state index is 0.101. The number of H-pyrrole nitrogens is 1. The maximum Gasteiger partial charge on any atom is 0.358 e. The Morgan fingerprint density at radius 1 is 1.26 bits per heavy atom. The number of hydrazine groups is 2. The van der Waals surface area contributed by atoms with Crippen LogP contribution < -0.4 is 10.7 Å². The first kappa shape index (κ1) is 23.6. The summed E-state index contributed by atoms with van der Waals surface area (Å²) in [6.07, 6.45) is 0.141. The summed E-state index contributed by atoms with van der Waals surface area (Å²) in [6, 6.07) is 1.30. The molecule has 5 amide bonds. The highest BCUT2D eigenvalue weighted by Crippen LogP contribution is 2.24. The van der Waals surface area contributed by atoms with Crippen LogP contribution in [-0.4, -0.2) is 96.7 Å². The minimum atomic E-state index is -1.30. The Bertz CT molecular complexity index is 1200. The number of carbonyl (C=O) groups excluding carboxylic acids is 5. The second-order valence-corrected chi connectivity index (χ2v) is 8.04. The fourth-order valence-corrected chi connectivity index (χ4v) is 3.99. The van der Waals surface area contributed by atoms with Gasteiger partial charge >= 0.3 is 12.0 Å². The van der Waals surface area contributed by atoms with Gasteiger partial charge in [0.15, 0.2) is 0 Å². The van der Waals surface area contributed by atoms with Crippen molar-refractivity contribution < 1.29 is 33.9 Å². The first-order valence-corrected chi connectivity index (χ1v) is 10.8. The number of fused-ring (bicyclic) bond motifs is 2. The second-order valence-electron chi connectivity index (χ2n) is 8.04. The molecule has 0 aliphatic carbocycles. The molecule has 1 aromatic heterocycles. The molecule has 0 spiro atoms. The summed E-state index contributed by atoms with van der Waals surface area (Å²) in [5, 5.41) is 24.4. The standard InChI is InChI=1S/C20H22N8O7/c29-10-12(9-17(31)32)21-19(34)15-2-1-6-27-16(30)5-7-26(20(35)28(15)27)24-18(33)11-3-4-13-14(8-11)23-25-22-13/h3-4,8,10,12,15H,1-2,5-7,9H2,(H,21,34)(H,24,33)(H,31,32)(H,22,23,25). The second kappa shape index (κ2) is 9.74. The molecule has 2 atom stereocenters. The molecule has 4 rings (SSSR count). The third-order valence-corrected chi connectivity index (χ3v) is 5.68. The lowest BCUT2D eigenvalue weighted by atomic mass is 10.1. The molecular formula is C20H22N8O7. The van der Waals surface area contributed by atoms with Crippen LogP contribution >= 0.6 is 0 Å². The van der Waals surface area contributed by atoms with Crippen molar-refractivity contribution in [1.82, 2.24) is 41.2 Å². The van der Waals surface area contributed by atoms with E-state index in [2.05, 4.69) is 26.2 Å². The van der Waals surface area contributed by atoms with E-state index < -0.39 is 48.2 Å². The van der Waals surface area contributed by atoms with E-state index in [1.54, 1.807) is 6.07 Å². The number of carboxylic acids is 1. The molecular weight excluding hydrogens is 464 g/mol. The Morgan fingerprint density at radius 2 is 2.06 bits per heavy atom. The third kappa shape index (κ3) is 4.87. The monoisotopic (exact) mass is 486 g/mol. The van der Waals surface area contributed by atoms with Gasteiger partial charge in [0.1, 0.15) is 17.8 Å². The average Bonchev–Trinajstić information content (AvgIpc) is 3.28. The Balaban J connectivity index is 1.54. The molecule has 0 saturated carbocycles. The lowest BCUT2D eigenvalue weighted by molar-refractivity contribution is -0.155. The van der Waals surface area contributed by atoms with Gasteiger partial charge in [0.05, 0.1) is 24.5 Å². The third-order valence-electron chi connectivity index (χ3n) is 5.68. The van der Waals surface area contributed by atoms with Crippen LogP contribution in [0, 0.1) is 0 Å². The van der Waals surface area contributed by atoms with Crippen LogP contribution in [0.3, 0.4) is 0 Å². The summed E-state index contributed by atoms with van der Waals surface area (Å²) in [7, 11) is 0. The molecule has 0 bridgehead atoms. The lowest BCUT2D eigenvalue weighted by Crippen LogP contribution is -2.64. The maximum atomic E-state index is 13.4. The van der Waals surface area contributed by atoms with Crippen LogP contribution in [0.2, 0.25) is 0 Å². The van der Waals surface area contributed by atoms with E-state index in [-0.39, 0.29) is 31.5 Å². The van der Waals surface area contributed by atoms with E-state index >= 15 is 0 Å². The summed E-state index contributed by atoms with van der Waals surface area (Å²) in [6.45, 7) is 0.0560. The van der Waals surface area contributed by atoms with Crippen LogP contribution in [0.25, 0.3) is 11.0 Å². The molecule has 0 radical (unpaired) electrons. The highest BCUT2D eigenvalue weighted by molar-refractivity contribution is 5.99. The average molecular weight is 486 g/mol. The van der Waals surface area contributed by atoms with Crippen molar-refractivity contribution in [3.63, 3.8) is 0 Å². The van der Waals surface area contributed by atoms with Crippen LogP contribution in [0.15, 0.2) is 18.2 Å². The van der Waals surface area contributed by atoms with Crippen molar-refractivity contribution in [3.8, 4) is 0 Å². The van der Waals surface area contributed by atoms with Gasteiger partial charge in [-0.2, -0.15) is 0 Å². The molecule has 2 aliphatic rings. The summed E-state index contributed by atoms with van der Waals surface area (Å²) in [4.78, 5) is 74.0. The van der Waals surface area contributed by atoms with Gasteiger partial charge in [0.25, 0.3) is 5.91 Å². The normalized spacial score (nSPS) is 19.1. The number of aldehydes is 1. The smallest absolute Gasteiger partial charge is 0.358 e. The lowest BCUT2D eigenvalue weighted by Gasteiger charge is -2.42. The predicted molar refractivity (Wildman–Crippen MR) is 115 cm³/mol. The molecule has 15 heteroatoms. The van der Waals surface area contributed by atoms with E-state index in [0.29, 0.717) is 23.7 Å². The van der Waals surface area contributed by atoms with Gasteiger partial charge in [0.2, 0.25) is 11.8 Å². The fourth-order valence-electron chi connectivity index (χ4n) is 3.99. The van der Waals surface area contributed by atoms with Crippen molar-refractivity contribution in [2.75, 3.05) is 13.1 Å². The molecule has 3 heterocycles. The fraction of sp³-hybridized carbons (Fsp3) is 0.400. The van der Waals surface area contributed by atoms with Crippen molar-refractivity contribution in [2.24, 2.45) is 0 Å². The number of benzene rings is 1. The van der Waals surface area contributed by atoms with E-state index in [0.717, 1.165) is 15.0 Å². The summed E-state index contributed by atoms with van der Waals surface area (Å²) >= 11 is 0. The van der Waals surface area contributed by atoms with Crippen molar-refractivity contribution in [2.45, 2.75) is 37.8 Å². The van der Waals surface area contributed by atoms with Crippen LogP contribution in [0.4, 0.5) is 4.79 Å². The number of amides is 5. The number of urea groups is 1. The zero-order valence-corrected chi connectivity index (χ0v) is 18.3. The van der Waals surface area contributed by atoms with Gasteiger partial charge in [-0.05, 0) is 31.0 Å². The van der Waals surface area contributed by atoms with Crippen molar-refractivity contribution >= 4 is 47.0 Å². The number of carboxylic acid groups (broad SMARTS) is 1. The number of nitrogens with one attached hydrogen (secondary N) is 3. The van der Waals surface area contributed by atoms with E-state index in [1.165, 1.54) is 12.1 Å². The zero-order valence-electron chi connectivity index (χ0n) is 18.3. The summed E-state index contributed by atoms with van der Waals surface area (Å²) < 4.78 is 0. The van der Waals surface area contributed by atoms with Gasteiger partial charge in [-0.1, -0.05) is 5.21 Å². The topological polar surface area (TPSA) is 198 Å². The molecule has 35 heavy (non-hydrogen) atoms. The van der Waals surface area contributed by atoms with Gasteiger partial charge in [-0.3, -0.25) is 29.7 Å². The molecule has 184 valence electrons. The number of hydrogen-bond donors (Lipinski definition) is 4. The molecule has 15 nitrogen and oxygen atoms in total. The summed E-state index contributed by atoms with van der Waals surface area (Å²) in [5.74, 6) is -3.11. The number of nitrogens with zero attached hydrogens (tertiary/aromatic N) is 5. The quantitative estimate of drug-likeness (QED) is 0.347. The molecule has 2 aromatic rings. The SMILES string of the molecule is O=CC(CC(=O)O)NC(=O)C1CCCN2C(=O)CCN(NC(=O)c3ccc4nn[nH]c4c3)C(=O)N12. The maximum absolute atomic E-state index is 13.4. The van der Waals surface area contributed by atoms with Crippen LogP contribution in [0.5, 0.6) is 0 Å². The van der Waals surface area contributed by atoms with Gasteiger partial charge in [-0.15, -0.1) is 5.10 Å². The molecule has 1 aromatic carbocycles. The molecule has 2 fully saturated rings. The van der Waals surface area contributed by atoms with Crippen LogP contribution in [0.1, 0.15) is 36.0 Å². The van der Waals surface area contributed by atoms with Gasteiger partial charge in [0, 0.05) is 18.5 Å². The molecule has 2 unspecified atom stereocenters. The largest absolute Gasteiger partial charge is 0.481 e. The Kier molecular flexibility index (Phi) is 6.57. The van der Waals surface area contributed by atoms with Crippen LogP contribution in [-0.2, 0) is 19.2 Å². The number of aromatic nitrogens is 3. The van der Waals surface area contributed by atoms with Crippen molar-refractivity contribution in [1.29, 1.82) is 0 Å². The zero-order chi connectivity index (χ0) is 25.1. The number of aromatic amines is 1. The van der Waals surface area contributed by atoms with Crippen molar-refractivity contribution in [3.05, 3.63) is 23.8 Å². The van der Waals surface area contributed by atoms with Gasteiger partial charge < -0.3 is 15.2 Å². The van der Waals surface area contributed by atoms with E-state index in [1.807, 2.05) is 0 Å². The number of carbonyl (C=O) groups is 6. The first-order chi connectivity index (χ1) is 16.8. The molecule has 4 N–H and O–H groups in total. The predicted octanol–water partition coefficient (Wildman–Crippen LogP) is -1.21. The minimum Gasteiger partial charge on any atom is -0.481 e. The summed E-state index contributed by atoms with van der Waals surface area (Å²) in [5.41, 5.74) is 3.75. The number of rotatable bonds is 7. The Morgan fingerprint density at radius 3 is 2.80 bits per heavy atom. The highest BCUT2D eigenvalue weighted by Gasteiger charge is 2.44. The van der Waals surface area contributed by atoms with Gasteiger partial charge in [-0.25, -0.2) is 19.8 Å². The Labute approximate surface area is 197 Å². The molecule has 2 aliphatic heterocycles. The first-order valence-electron chi connectivity index (χ1n) is 10.8. The number of hydrogen-bond acceptors (Lipinski definition) is 8. The number of aliphatic carboxylic acids is 1. The van der Waals surface area contributed by atoms with E-state index in [9.17, 15) is 28.8 Å². The Hall–Kier alpha value is -4.56. The highest BCUT2D eigenvalue weighted by atomic mass is 16.4. The van der Waals surface area contributed by atoms with E-state index in [4.69, 9.17) is 5.11 Å². The molecule has 2 saturated heterocycles.